The molecule has 0 aliphatic heterocycles. The first-order valence-corrected chi connectivity index (χ1v) is 3.11. The SMILES string of the molecule is C=CCC(N)(Br)CO. The predicted octanol–water partition coefficient (Wildman–Crippen LogP) is 0.605. The van der Waals surface area contributed by atoms with Crippen molar-refractivity contribution in [2.75, 3.05) is 6.61 Å². The van der Waals surface area contributed by atoms with Crippen molar-refractivity contribution in [2.24, 2.45) is 5.73 Å². The molecule has 0 aromatic rings. The molecule has 0 spiro atoms. The van der Waals surface area contributed by atoms with Crippen LogP contribution in [0.4, 0.5) is 0 Å². The molecule has 0 aromatic carbocycles. The number of halogens is 1. The van der Waals surface area contributed by atoms with Crippen molar-refractivity contribution in [3.8, 4) is 0 Å². The van der Waals surface area contributed by atoms with E-state index in [1.54, 1.807) is 6.08 Å². The van der Waals surface area contributed by atoms with Gasteiger partial charge in [-0.3, -0.25) is 0 Å². The minimum absolute atomic E-state index is 0.0704. The summed E-state index contributed by atoms with van der Waals surface area (Å²) in [5.74, 6) is 0. The van der Waals surface area contributed by atoms with E-state index in [0.29, 0.717) is 6.42 Å². The zero-order valence-corrected chi connectivity index (χ0v) is 6.19. The van der Waals surface area contributed by atoms with Gasteiger partial charge in [-0.2, -0.15) is 0 Å². The van der Waals surface area contributed by atoms with Crippen LogP contribution in [0, 0.1) is 0 Å². The van der Waals surface area contributed by atoms with Crippen molar-refractivity contribution < 1.29 is 5.11 Å². The first kappa shape index (κ1) is 8.14. The molecule has 8 heavy (non-hydrogen) atoms. The van der Waals surface area contributed by atoms with Crippen molar-refractivity contribution in [3.05, 3.63) is 12.7 Å². The van der Waals surface area contributed by atoms with Gasteiger partial charge in [-0.1, -0.05) is 22.0 Å². The van der Waals surface area contributed by atoms with Gasteiger partial charge in [0, 0.05) is 0 Å². The van der Waals surface area contributed by atoms with E-state index in [4.69, 9.17) is 10.8 Å². The van der Waals surface area contributed by atoms with Gasteiger partial charge in [-0.15, -0.1) is 6.58 Å². The van der Waals surface area contributed by atoms with Gasteiger partial charge < -0.3 is 10.8 Å². The number of alkyl halides is 1. The minimum Gasteiger partial charge on any atom is -0.394 e. The lowest BCUT2D eigenvalue weighted by Crippen LogP contribution is -2.35. The quantitative estimate of drug-likeness (QED) is 0.379. The molecule has 48 valence electrons. The van der Waals surface area contributed by atoms with Crippen LogP contribution in [0.15, 0.2) is 12.7 Å². The fourth-order valence-corrected chi connectivity index (χ4v) is 0.533. The van der Waals surface area contributed by atoms with E-state index in [1.807, 2.05) is 0 Å². The van der Waals surface area contributed by atoms with Gasteiger partial charge in [0.2, 0.25) is 0 Å². The van der Waals surface area contributed by atoms with Crippen molar-refractivity contribution in [3.63, 3.8) is 0 Å². The lowest BCUT2D eigenvalue weighted by Gasteiger charge is -2.15. The Morgan fingerprint density at radius 1 is 1.88 bits per heavy atom. The fourth-order valence-electron chi connectivity index (χ4n) is 0.304. The zero-order valence-electron chi connectivity index (χ0n) is 4.60. The highest BCUT2D eigenvalue weighted by atomic mass is 79.9. The zero-order chi connectivity index (χ0) is 6.62. The molecule has 0 rings (SSSR count). The maximum Gasteiger partial charge on any atom is 0.0985 e. The lowest BCUT2D eigenvalue weighted by molar-refractivity contribution is 0.254. The summed E-state index contributed by atoms with van der Waals surface area (Å²) in [7, 11) is 0. The molecular weight excluding hydrogens is 170 g/mol. The van der Waals surface area contributed by atoms with Crippen molar-refractivity contribution in [2.45, 2.75) is 10.9 Å². The van der Waals surface area contributed by atoms with Crippen LogP contribution in [-0.2, 0) is 0 Å². The van der Waals surface area contributed by atoms with Crippen molar-refractivity contribution in [1.82, 2.24) is 0 Å². The third-order valence-corrected chi connectivity index (χ3v) is 1.32. The average Bonchev–Trinajstić information content (AvgIpc) is 1.67. The summed E-state index contributed by atoms with van der Waals surface area (Å²) in [5, 5.41) is 8.51. The fraction of sp³-hybridized carbons (Fsp3) is 0.600. The highest BCUT2D eigenvalue weighted by Gasteiger charge is 2.15. The largest absolute Gasteiger partial charge is 0.394 e. The van der Waals surface area contributed by atoms with E-state index in [2.05, 4.69) is 22.5 Å². The molecule has 0 aliphatic rings. The molecule has 3 heteroatoms. The van der Waals surface area contributed by atoms with Gasteiger partial charge in [0.05, 0.1) is 11.1 Å². The maximum atomic E-state index is 8.51. The van der Waals surface area contributed by atoms with Crippen molar-refractivity contribution >= 4 is 15.9 Å². The molecule has 0 saturated heterocycles. The molecule has 0 fully saturated rings. The summed E-state index contributed by atoms with van der Waals surface area (Å²) in [6, 6.07) is 0. The number of aliphatic hydroxyl groups is 1. The van der Waals surface area contributed by atoms with E-state index >= 15 is 0 Å². The normalized spacial score (nSPS) is 17.4. The molecule has 0 heterocycles. The Labute approximate surface area is 57.5 Å². The Bertz CT molecular complexity index is 82.5. The number of hydrogen-bond acceptors (Lipinski definition) is 2. The van der Waals surface area contributed by atoms with E-state index in [-0.39, 0.29) is 6.61 Å². The molecule has 0 aliphatic carbocycles. The number of hydrogen-bond donors (Lipinski definition) is 2. The van der Waals surface area contributed by atoms with Crippen LogP contribution >= 0.6 is 15.9 Å². The summed E-state index contributed by atoms with van der Waals surface area (Å²) in [4.78, 5) is 0. The van der Waals surface area contributed by atoms with Gasteiger partial charge in [0.25, 0.3) is 0 Å². The topological polar surface area (TPSA) is 46.2 Å². The van der Waals surface area contributed by atoms with Gasteiger partial charge in [-0.05, 0) is 6.42 Å². The second-order valence-corrected chi connectivity index (χ2v) is 3.26. The minimum atomic E-state index is -0.658. The van der Waals surface area contributed by atoms with Gasteiger partial charge >= 0.3 is 0 Å². The molecule has 0 radical (unpaired) electrons. The Balaban J connectivity index is 3.53. The molecule has 1 atom stereocenters. The van der Waals surface area contributed by atoms with E-state index < -0.39 is 4.45 Å². The number of nitrogens with two attached hydrogens (primary N) is 1. The van der Waals surface area contributed by atoms with Crippen LogP contribution in [0.3, 0.4) is 0 Å². The third-order valence-electron chi connectivity index (χ3n) is 0.747. The monoisotopic (exact) mass is 179 g/mol. The van der Waals surface area contributed by atoms with Crippen LogP contribution in [0.2, 0.25) is 0 Å². The first-order chi connectivity index (χ1) is 3.62. The molecular formula is C5H10BrNO. The average molecular weight is 180 g/mol. The molecule has 2 nitrogen and oxygen atoms in total. The molecule has 0 saturated carbocycles. The Hall–Kier alpha value is 0.140. The summed E-state index contributed by atoms with van der Waals surface area (Å²) in [6.45, 7) is 3.40. The molecule has 1 unspecified atom stereocenters. The first-order valence-electron chi connectivity index (χ1n) is 2.32. The maximum absolute atomic E-state index is 8.51. The lowest BCUT2D eigenvalue weighted by atomic mass is 10.2. The second kappa shape index (κ2) is 3.22. The third kappa shape index (κ3) is 3.18. The summed E-state index contributed by atoms with van der Waals surface area (Å²) in [6.07, 6.45) is 2.23. The summed E-state index contributed by atoms with van der Waals surface area (Å²) in [5.41, 5.74) is 5.42. The highest BCUT2D eigenvalue weighted by Crippen LogP contribution is 2.13. The number of rotatable bonds is 3. The predicted molar refractivity (Wildman–Crippen MR) is 37.7 cm³/mol. The number of aliphatic hydroxyl groups excluding tert-OH is 1. The smallest absolute Gasteiger partial charge is 0.0985 e. The van der Waals surface area contributed by atoms with Crippen LogP contribution < -0.4 is 5.73 Å². The van der Waals surface area contributed by atoms with Gasteiger partial charge in [0.1, 0.15) is 0 Å². The second-order valence-electron chi connectivity index (χ2n) is 1.69. The molecule has 0 bridgehead atoms. The van der Waals surface area contributed by atoms with E-state index in [1.165, 1.54) is 0 Å². The van der Waals surface area contributed by atoms with Crippen LogP contribution in [-0.4, -0.2) is 16.2 Å². The van der Waals surface area contributed by atoms with Gasteiger partial charge in [-0.25, -0.2) is 0 Å². The molecule has 0 aromatic heterocycles. The van der Waals surface area contributed by atoms with Crippen LogP contribution in [0.1, 0.15) is 6.42 Å². The standard InChI is InChI=1S/C5H10BrNO/c1-2-3-5(6,7)4-8/h2,8H,1,3-4,7H2. The highest BCUT2D eigenvalue weighted by molar-refractivity contribution is 9.10. The summed E-state index contributed by atoms with van der Waals surface area (Å²) >= 11 is 3.10. The van der Waals surface area contributed by atoms with Crippen molar-refractivity contribution in [1.29, 1.82) is 0 Å². The Kier molecular flexibility index (Phi) is 3.28. The Morgan fingerprint density at radius 2 is 2.38 bits per heavy atom. The molecule has 3 N–H and O–H groups in total. The van der Waals surface area contributed by atoms with Crippen LogP contribution in [0.25, 0.3) is 0 Å². The van der Waals surface area contributed by atoms with Gasteiger partial charge in [0.15, 0.2) is 0 Å². The summed E-state index contributed by atoms with van der Waals surface area (Å²) < 4.78 is -0.658. The molecule has 0 amide bonds. The Morgan fingerprint density at radius 3 is 2.50 bits per heavy atom. The van der Waals surface area contributed by atoms with E-state index in [0.717, 1.165) is 0 Å². The van der Waals surface area contributed by atoms with Crippen LogP contribution in [0.5, 0.6) is 0 Å². The van der Waals surface area contributed by atoms with E-state index in [9.17, 15) is 0 Å².